The first-order valence-electron chi connectivity index (χ1n) is 12.4. The molecule has 8 heteroatoms. The highest BCUT2D eigenvalue weighted by Gasteiger charge is 2.29. The highest BCUT2D eigenvalue weighted by Crippen LogP contribution is 2.39. The topological polar surface area (TPSA) is 76.1 Å². The lowest BCUT2D eigenvalue weighted by Crippen LogP contribution is -2.39. The van der Waals surface area contributed by atoms with Crippen LogP contribution < -0.4 is 4.74 Å². The molecule has 0 radical (unpaired) electrons. The van der Waals surface area contributed by atoms with E-state index in [0.29, 0.717) is 49.2 Å². The lowest BCUT2D eigenvalue weighted by Gasteiger charge is -2.27. The summed E-state index contributed by atoms with van der Waals surface area (Å²) < 4.78 is 24.5. The van der Waals surface area contributed by atoms with Crippen LogP contribution in [-0.2, 0) is 13.1 Å². The minimum Gasteiger partial charge on any atom is -0.489 e. The van der Waals surface area contributed by atoms with E-state index in [0.717, 1.165) is 52.8 Å². The largest absolute Gasteiger partial charge is 0.489 e. The van der Waals surface area contributed by atoms with Crippen LogP contribution in [0.15, 0.2) is 36.4 Å². The number of likely N-dealkylation sites (tertiary alicyclic amines) is 1. The third kappa shape index (κ3) is 3.42. The number of carbonyl (C=O) groups excluding carboxylic acids is 1. The van der Waals surface area contributed by atoms with Gasteiger partial charge in [-0.15, -0.1) is 0 Å². The molecule has 1 saturated carbocycles. The minimum atomic E-state index is -0.244. The van der Waals surface area contributed by atoms with Gasteiger partial charge in [0.25, 0.3) is 5.91 Å². The highest BCUT2D eigenvalue weighted by atomic mass is 19.1. The number of piperidine rings is 1. The Hall–Kier alpha value is -3.68. The van der Waals surface area contributed by atoms with Crippen LogP contribution >= 0.6 is 0 Å². The van der Waals surface area contributed by atoms with Gasteiger partial charge in [0.1, 0.15) is 23.7 Å². The number of fused-ring (bicyclic) bond motifs is 1. The van der Waals surface area contributed by atoms with Crippen molar-refractivity contribution in [3.05, 3.63) is 47.8 Å². The third-order valence-corrected chi connectivity index (χ3v) is 7.43. The fraction of sp³-hybridized carbons (Fsp3) is 0.370. The number of hydrogen-bond acceptors (Lipinski definition) is 4. The Balaban J connectivity index is 1.37. The van der Waals surface area contributed by atoms with Gasteiger partial charge in [-0.25, -0.2) is 9.37 Å². The molecule has 2 fully saturated rings. The average Bonchev–Trinajstić information content (AvgIpc) is 3.51. The first-order valence-corrected chi connectivity index (χ1v) is 12.4. The molecule has 2 aliphatic heterocycles. The summed E-state index contributed by atoms with van der Waals surface area (Å²) in [7, 11) is 0. The second kappa shape index (κ2) is 7.66. The fourth-order valence-corrected chi connectivity index (χ4v) is 5.53. The predicted molar refractivity (Wildman–Crippen MR) is 132 cm³/mol. The van der Waals surface area contributed by atoms with Crippen LogP contribution in [0, 0.1) is 17.1 Å². The maximum Gasteiger partial charge on any atom is 0.254 e. The van der Waals surface area contributed by atoms with Crippen molar-refractivity contribution in [2.24, 2.45) is 5.92 Å². The van der Waals surface area contributed by atoms with E-state index in [2.05, 4.69) is 9.13 Å². The maximum absolute atomic E-state index is 14.0. The number of nitrogens with zero attached hydrogens (tertiary/aromatic N) is 4. The van der Waals surface area contributed by atoms with Crippen LogP contribution in [0.3, 0.4) is 0 Å². The van der Waals surface area contributed by atoms with Crippen molar-refractivity contribution in [3.63, 3.8) is 0 Å². The van der Waals surface area contributed by atoms with Crippen molar-refractivity contribution >= 4 is 33.6 Å². The Morgan fingerprint density at radius 1 is 1.17 bits per heavy atom. The Kier molecular flexibility index (Phi) is 4.53. The van der Waals surface area contributed by atoms with Crippen LogP contribution in [0.1, 0.15) is 36.0 Å². The second-order valence-corrected chi connectivity index (χ2v) is 10.00. The van der Waals surface area contributed by atoms with E-state index in [1.807, 2.05) is 24.3 Å². The number of carbonyl (C=O) groups is 1. The summed E-state index contributed by atoms with van der Waals surface area (Å²) >= 11 is 0. The van der Waals surface area contributed by atoms with Gasteiger partial charge in [0.2, 0.25) is 0 Å². The molecule has 7 nitrogen and oxygen atoms in total. The van der Waals surface area contributed by atoms with Gasteiger partial charge in [-0.05, 0) is 68.0 Å². The maximum atomic E-state index is 14.0. The van der Waals surface area contributed by atoms with Crippen LogP contribution in [0.5, 0.6) is 5.75 Å². The molecule has 0 spiro atoms. The van der Waals surface area contributed by atoms with E-state index < -0.39 is 0 Å². The Labute approximate surface area is 201 Å². The lowest BCUT2D eigenvalue weighted by molar-refractivity contribution is 0.0768. The first-order chi connectivity index (χ1) is 17.0. The molecule has 1 saturated heterocycles. The number of amides is 1. The van der Waals surface area contributed by atoms with Gasteiger partial charge >= 0.3 is 0 Å². The standard InChI is InChI=1S/C27H26FN5O2/c28-19-5-6-22-17(10-19)12-23(33(22)14-16-3-4-16)26-30-21-11-18(13-24-25(21)32(26)8-9-35-24)27(34)31-7-1-2-20(29)15-31/h5-6,10-13,16,29H,1-4,7-9,14-15H2. The number of nitrogens with one attached hydrogen (secondary N) is 1. The van der Waals surface area contributed by atoms with E-state index in [1.165, 1.54) is 18.9 Å². The van der Waals surface area contributed by atoms with Crippen molar-refractivity contribution in [1.82, 2.24) is 19.0 Å². The van der Waals surface area contributed by atoms with Gasteiger partial charge in [-0.1, -0.05) is 0 Å². The number of benzene rings is 2. The second-order valence-electron chi connectivity index (χ2n) is 10.00. The summed E-state index contributed by atoms with van der Waals surface area (Å²) in [6.07, 6.45) is 4.01. The summed E-state index contributed by atoms with van der Waals surface area (Å²) in [5.74, 6) is 1.81. The van der Waals surface area contributed by atoms with E-state index in [1.54, 1.807) is 11.0 Å². The smallest absolute Gasteiger partial charge is 0.254 e. The zero-order valence-electron chi connectivity index (χ0n) is 19.4. The molecule has 4 aromatic rings. The molecule has 178 valence electrons. The fourth-order valence-electron chi connectivity index (χ4n) is 5.53. The summed E-state index contributed by atoms with van der Waals surface area (Å²) in [5.41, 5.74) is 4.74. The van der Waals surface area contributed by atoms with E-state index in [4.69, 9.17) is 15.1 Å². The molecular weight excluding hydrogens is 445 g/mol. The molecular formula is C27H26FN5O2. The van der Waals surface area contributed by atoms with Gasteiger partial charge in [0.15, 0.2) is 5.82 Å². The van der Waals surface area contributed by atoms with Gasteiger partial charge in [-0.3, -0.25) is 4.79 Å². The van der Waals surface area contributed by atoms with Crippen molar-refractivity contribution in [3.8, 4) is 17.3 Å². The molecule has 2 aromatic carbocycles. The van der Waals surface area contributed by atoms with Crippen LogP contribution in [0.2, 0.25) is 0 Å². The number of rotatable bonds is 4. The van der Waals surface area contributed by atoms with Gasteiger partial charge in [0.05, 0.1) is 24.3 Å². The summed E-state index contributed by atoms with van der Waals surface area (Å²) in [5, 5.41) is 8.86. The Bertz CT molecular complexity index is 1530. The minimum absolute atomic E-state index is 0.0869. The van der Waals surface area contributed by atoms with Crippen LogP contribution in [0.25, 0.3) is 33.5 Å². The molecule has 1 N–H and O–H groups in total. The van der Waals surface area contributed by atoms with Crippen molar-refractivity contribution in [2.75, 3.05) is 19.7 Å². The number of imidazole rings is 1. The molecule has 0 bridgehead atoms. The number of hydrogen-bond donors (Lipinski definition) is 1. The zero-order valence-corrected chi connectivity index (χ0v) is 19.4. The summed E-state index contributed by atoms with van der Waals surface area (Å²) in [6.45, 7) is 3.09. The predicted octanol–water partition coefficient (Wildman–Crippen LogP) is 4.86. The number of halogens is 1. The van der Waals surface area contributed by atoms with E-state index >= 15 is 0 Å². The summed E-state index contributed by atoms with van der Waals surface area (Å²) in [6, 6.07) is 10.7. The molecule has 35 heavy (non-hydrogen) atoms. The Morgan fingerprint density at radius 3 is 2.89 bits per heavy atom. The van der Waals surface area contributed by atoms with E-state index in [9.17, 15) is 9.18 Å². The molecule has 4 heterocycles. The highest BCUT2D eigenvalue weighted by molar-refractivity contribution is 6.02. The SMILES string of the molecule is N=C1CCCN(C(=O)c2cc3c4c(c2)nc(-c2cc5cc(F)ccc5n2CC2CC2)n4CCO3)C1. The van der Waals surface area contributed by atoms with Gasteiger partial charge in [-0.2, -0.15) is 0 Å². The van der Waals surface area contributed by atoms with Gasteiger partial charge in [0, 0.05) is 35.3 Å². The monoisotopic (exact) mass is 471 g/mol. The van der Waals surface area contributed by atoms with Crippen molar-refractivity contribution in [1.29, 1.82) is 5.41 Å². The normalized spacial score (nSPS) is 17.9. The number of ether oxygens (including phenoxy) is 1. The third-order valence-electron chi connectivity index (χ3n) is 7.43. The zero-order chi connectivity index (χ0) is 23.7. The van der Waals surface area contributed by atoms with Crippen molar-refractivity contribution in [2.45, 2.75) is 38.8 Å². The van der Waals surface area contributed by atoms with Crippen molar-refractivity contribution < 1.29 is 13.9 Å². The molecule has 3 aliphatic rings. The molecule has 2 aromatic heterocycles. The lowest BCUT2D eigenvalue weighted by atomic mass is 10.1. The first kappa shape index (κ1) is 20.7. The quantitative estimate of drug-likeness (QED) is 0.462. The molecule has 7 rings (SSSR count). The average molecular weight is 472 g/mol. The van der Waals surface area contributed by atoms with Crippen LogP contribution in [-0.4, -0.2) is 50.3 Å². The molecule has 0 unspecified atom stereocenters. The summed E-state index contributed by atoms with van der Waals surface area (Å²) in [4.78, 5) is 20.0. The Morgan fingerprint density at radius 2 is 2.06 bits per heavy atom. The molecule has 1 amide bonds. The van der Waals surface area contributed by atoms with Gasteiger partial charge < -0.3 is 24.2 Å². The number of aromatic nitrogens is 3. The van der Waals surface area contributed by atoms with Crippen LogP contribution in [0.4, 0.5) is 4.39 Å². The van der Waals surface area contributed by atoms with E-state index in [-0.39, 0.29) is 11.7 Å². The molecule has 1 aliphatic carbocycles. The molecule has 0 atom stereocenters.